The lowest BCUT2D eigenvalue weighted by Gasteiger charge is -2.27. The highest BCUT2D eigenvalue weighted by atomic mass is 16.5. The third-order valence-electron chi connectivity index (χ3n) is 5.69. The van der Waals surface area contributed by atoms with Crippen LogP contribution in [0.2, 0.25) is 0 Å². The van der Waals surface area contributed by atoms with Gasteiger partial charge in [-0.25, -0.2) is 9.69 Å². The molecule has 1 aliphatic heterocycles. The number of anilines is 1. The minimum absolute atomic E-state index is 0.171. The lowest BCUT2D eigenvalue weighted by atomic mass is 10.0. The molecule has 1 N–H and O–H groups in total. The van der Waals surface area contributed by atoms with Gasteiger partial charge in [-0.05, 0) is 56.2 Å². The molecule has 7 nitrogen and oxygen atoms in total. The third kappa shape index (κ3) is 5.09. The molecule has 1 saturated heterocycles. The highest BCUT2D eigenvalue weighted by molar-refractivity contribution is 6.39. The van der Waals surface area contributed by atoms with Gasteiger partial charge in [-0.2, -0.15) is 0 Å². The summed E-state index contributed by atoms with van der Waals surface area (Å²) in [5.41, 5.74) is 4.58. The number of hydrogen-bond acceptors (Lipinski definition) is 5. The summed E-state index contributed by atoms with van der Waals surface area (Å²) in [5, 5.41) is 2.27. The van der Waals surface area contributed by atoms with Crippen molar-refractivity contribution >= 4 is 29.6 Å². The number of rotatable bonds is 6. The molecule has 7 heteroatoms. The van der Waals surface area contributed by atoms with Crippen LogP contribution in [0, 0.1) is 20.8 Å². The monoisotopic (exact) mass is 470 g/mol. The van der Waals surface area contributed by atoms with E-state index >= 15 is 0 Å². The first-order valence-corrected chi connectivity index (χ1v) is 11.1. The molecular formula is C28H26N2O5. The van der Waals surface area contributed by atoms with Gasteiger partial charge in [0.2, 0.25) is 0 Å². The summed E-state index contributed by atoms with van der Waals surface area (Å²) in [6.45, 7) is 6.02. The quantitative estimate of drug-likeness (QED) is 0.411. The molecule has 0 unspecified atom stereocenters. The number of imide groups is 2. The number of barbiturate groups is 1. The highest BCUT2D eigenvalue weighted by Crippen LogP contribution is 2.30. The smallest absolute Gasteiger partial charge is 0.335 e. The highest BCUT2D eigenvalue weighted by Gasteiger charge is 2.37. The van der Waals surface area contributed by atoms with E-state index in [1.807, 2.05) is 57.2 Å². The van der Waals surface area contributed by atoms with Crippen molar-refractivity contribution in [1.29, 1.82) is 0 Å². The van der Waals surface area contributed by atoms with Gasteiger partial charge in [0.15, 0.2) is 0 Å². The molecule has 3 aromatic carbocycles. The number of nitrogens with zero attached hydrogens (tertiary/aromatic N) is 1. The van der Waals surface area contributed by atoms with Gasteiger partial charge in [0.25, 0.3) is 11.8 Å². The molecule has 0 atom stereocenters. The third-order valence-corrected chi connectivity index (χ3v) is 5.69. The number of benzene rings is 3. The second-order valence-corrected chi connectivity index (χ2v) is 8.43. The van der Waals surface area contributed by atoms with Gasteiger partial charge in [-0.15, -0.1) is 0 Å². The summed E-state index contributed by atoms with van der Waals surface area (Å²) in [6, 6.07) is 17.6. The Morgan fingerprint density at radius 3 is 2.40 bits per heavy atom. The minimum atomic E-state index is -0.783. The van der Waals surface area contributed by atoms with E-state index < -0.39 is 17.8 Å². The zero-order chi connectivity index (χ0) is 25.1. The first-order valence-electron chi connectivity index (χ1n) is 11.1. The lowest BCUT2D eigenvalue weighted by molar-refractivity contribution is -0.122. The molecule has 3 aromatic rings. The van der Waals surface area contributed by atoms with Gasteiger partial charge in [-0.3, -0.25) is 14.9 Å². The molecule has 4 amide bonds. The normalized spacial score (nSPS) is 14.8. The van der Waals surface area contributed by atoms with Crippen LogP contribution in [-0.4, -0.2) is 25.0 Å². The number of carbonyl (C=O) groups excluding carboxylic acids is 3. The molecule has 0 bridgehead atoms. The van der Waals surface area contributed by atoms with Crippen LogP contribution >= 0.6 is 0 Å². The van der Waals surface area contributed by atoms with Crippen molar-refractivity contribution in [3.63, 3.8) is 0 Å². The van der Waals surface area contributed by atoms with Gasteiger partial charge in [0.05, 0.1) is 12.8 Å². The maximum absolute atomic E-state index is 13.3. The predicted molar refractivity (Wildman–Crippen MR) is 133 cm³/mol. The summed E-state index contributed by atoms with van der Waals surface area (Å²) in [6.07, 6.45) is 1.44. The van der Waals surface area contributed by atoms with E-state index in [0.717, 1.165) is 27.2 Å². The zero-order valence-electron chi connectivity index (χ0n) is 20.0. The number of urea groups is 1. The topological polar surface area (TPSA) is 84.9 Å². The van der Waals surface area contributed by atoms with E-state index in [9.17, 15) is 14.4 Å². The molecule has 35 heavy (non-hydrogen) atoms. The summed E-state index contributed by atoms with van der Waals surface area (Å²) >= 11 is 0. The van der Waals surface area contributed by atoms with Gasteiger partial charge in [0.1, 0.15) is 23.7 Å². The Bertz CT molecular complexity index is 1360. The second-order valence-electron chi connectivity index (χ2n) is 8.43. The average molecular weight is 471 g/mol. The summed E-state index contributed by atoms with van der Waals surface area (Å²) in [5.74, 6) is -0.459. The second kappa shape index (κ2) is 9.85. The number of methoxy groups -OCH3 is 1. The van der Waals surface area contributed by atoms with E-state index in [0.29, 0.717) is 29.4 Å². The average Bonchev–Trinajstić information content (AvgIpc) is 2.82. The van der Waals surface area contributed by atoms with Crippen LogP contribution in [0.25, 0.3) is 6.08 Å². The molecule has 1 fully saturated rings. The minimum Gasteiger partial charge on any atom is -0.497 e. The van der Waals surface area contributed by atoms with Crippen molar-refractivity contribution in [3.8, 4) is 11.5 Å². The van der Waals surface area contributed by atoms with Crippen molar-refractivity contribution < 1.29 is 23.9 Å². The van der Waals surface area contributed by atoms with Crippen LogP contribution in [0.5, 0.6) is 11.5 Å². The van der Waals surface area contributed by atoms with Crippen LogP contribution in [0.15, 0.2) is 66.2 Å². The molecule has 4 rings (SSSR count). The summed E-state index contributed by atoms with van der Waals surface area (Å²) in [7, 11) is 1.54. The van der Waals surface area contributed by atoms with Crippen molar-refractivity contribution in [2.45, 2.75) is 27.4 Å². The van der Waals surface area contributed by atoms with Gasteiger partial charge in [-0.1, -0.05) is 47.5 Å². The van der Waals surface area contributed by atoms with Crippen LogP contribution in [-0.2, 0) is 16.2 Å². The fourth-order valence-electron chi connectivity index (χ4n) is 3.94. The first-order chi connectivity index (χ1) is 16.8. The molecule has 0 spiro atoms. The standard InChI is InChI=1S/C28H26N2O5/c1-17-6-5-7-20(13-17)16-35-25-15-22(34-4)10-9-21(25)14-23-26(31)29-28(33)30(27(23)32)24-11-8-18(2)12-19(24)3/h5-15H,16H2,1-4H3,(H,29,31,33)/b23-14+. The maximum atomic E-state index is 13.3. The SMILES string of the molecule is COc1ccc(/C=C2\C(=O)NC(=O)N(c3ccc(C)cc3C)C2=O)c(OCc2cccc(C)c2)c1. The van der Waals surface area contributed by atoms with Crippen LogP contribution in [0.4, 0.5) is 10.5 Å². The number of aryl methyl sites for hydroxylation is 3. The zero-order valence-corrected chi connectivity index (χ0v) is 20.0. The number of hydrogen-bond donors (Lipinski definition) is 1. The molecule has 1 aliphatic rings. The number of ether oxygens (including phenoxy) is 2. The maximum Gasteiger partial charge on any atom is 0.335 e. The van der Waals surface area contributed by atoms with E-state index in [1.165, 1.54) is 6.08 Å². The molecule has 0 aromatic heterocycles. The van der Waals surface area contributed by atoms with Crippen molar-refractivity contribution in [2.24, 2.45) is 0 Å². The molecule has 0 saturated carbocycles. The van der Waals surface area contributed by atoms with E-state index in [2.05, 4.69) is 5.32 Å². The van der Waals surface area contributed by atoms with E-state index in [-0.39, 0.29) is 5.57 Å². The van der Waals surface area contributed by atoms with Crippen molar-refractivity contribution in [2.75, 3.05) is 12.0 Å². The summed E-state index contributed by atoms with van der Waals surface area (Å²) in [4.78, 5) is 39.6. The van der Waals surface area contributed by atoms with Crippen LogP contribution in [0.3, 0.4) is 0 Å². The Hall–Kier alpha value is -4.39. The molecule has 178 valence electrons. The Morgan fingerprint density at radius 1 is 0.914 bits per heavy atom. The van der Waals surface area contributed by atoms with Crippen molar-refractivity contribution in [3.05, 3.63) is 94.1 Å². The Labute approximate surface area is 204 Å². The van der Waals surface area contributed by atoms with Crippen LogP contribution in [0.1, 0.15) is 27.8 Å². The Balaban J connectivity index is 1.70. The predicted octanol–water partition coefficient (Wildman–Crippen LogP) is 4.87. The number of nitrogens with one attached hydrogen (secondary N) is 1. The molecular weight excluding hydrogens is 444 g/mol. The first kappa shape index (κ1) is 23.8. The van der Waals surface area contributed by atoms with Crippen LogP contribution < -0.4 is 19.7 Å². The van der Waals surface area contributed by atoms with Gasteiger partial charge < -0.3 is 9.47 Å². The van der Waals surface area contributed by atoms with E-state index in [1.54, 1.807) is 31.4 Å². The lowest BCUT2D eigenvalue weighted by Crippen LogP contribution is -2.54. The number of carbonyl (C=O) groups is 3. The number of amides is 4. The molecule has 0 radical (unpaired) electrons. The van der Waals surface area contributed by atoms with Gasteiger partial charge in [0, 0.05) is 11.6 Å². The fourth-order valence-corrected chi connectivity index (χ4v) is 3.94. The summed E-state index contributed by atoms with van der Waals surface area (Å²) < 4.78 is 11.4. The Kier molecular flexibility index (Phi) is 6.68. The Morgan fingerprint density at radius 2 is 1.69 bits per heavy atom. The largest absolute Gasteiger partial charge is 0.497 e. The molecule has 1 heterocycles. The van der Waals surface area contributed by atoms with Crippen molar-refractivity contribution in [1.82, 2.24) is 5.32 Å². The molecule has 0 aliphatic carbocycles. The van der Waals surface area contributed by atoms with E-state index in [4.69, 9.17) is 9.47 Å². The fraction of sp³-hybridized carbons (Fsp3) is 0.179. The van der Waals surface area contributed by atoms with Gasteiger partial charge >= 0.3 is 6.03 Å².